The van der Waals surface area contributed by atoms with Crippen molar-refractivity contribution in [1.29, 1.82) is 0 Å². The second kappa shape index (κ2) is 10.6. The lowest BCUT2D eigenvalue weighted by Gasteiger charge is -2.39. The zero-order valence-electron chi connectivity index (χ0n) is 21.1. The van der Waals surface area contributed by atoms with Crippen molar-refractivity contribution in [2.24, 2.45) is 5.92 Å². The van der Waals surface area contributed by atoms with E-state index in [4.69, 9.17) is 4.74 Å². The van der Waals surface area contributed by atoms with E-state index >= 15 is 0 Å². The zero-order chi connectivity index (χ0) is 25.1. The molecule has 2 aliphatic rings. The van der Waals surface area contributed by atoms with Crippen LogP contribution in [-0.4, -0.2) is 29.9 Å². The molecule has 3 aromatic rings. The first-order valence-corrected chi connectivity index (χ1v) is 13.0. The molecule has 0 radical (unpaired) electrons. The van der Waals surface area contributed by atoms with E-state index < -0.39 is 0 Å². The molecular formula is C31H34N2O3. The largest absolute Gasteiger partial charge is 0.484 e. The summed E-state index contributed by atoms with van der Waals surface area (Å²) in [4.78, 5) is 28.2. The van der Waals surface area contributed by atoms with E-state index in [0.29, 0.717) is 5.75 Å². The van der Waals surface area contributed by atoms with Crippen LogP contribution in [0.15, 0.2) is 66.7 Å². The molecular weight excluding hydrogens is 448 g/mol. The molecule has 0 bridgehead atoms. The molecule has 0 spiro atoms. The molecule has 0 saturated heterocycles. The number of nitrogens with one attached hydrogen (secondary N) is 1. The Morgan fingerprint density at radius 2 is 1.58 bits per heavy atom. The Kier molecular flexibility index (Phi) is 7.08. The number of ether oxygens (including phenoxy) is 1. The van der Waals surface area contributed by atoms with Gasteiger partial charge in [-0.15, -0.1) is 0 Å². The molecule has 5 heteroatoms. The maximum absolute atomic E-state index is 13.6. The number of hydrogen-bond donors (Lipinski definition) is 1. The summed E-state index contributed by atoms with van der Waals surface area (Å²) in [5, 5.41) is 2.88. The lowest BCUT2D eigenvalue weighted by atomic mass is 9.86. The van der Waals surface area contributed by atoms with Gasteiger partial charge < -0.3 is 15.0 Å². The van der Waals surface area contributed by atoms with Gasteiger partial charge >= 0.3 is 0 Å². The molecule has 1 unspecified atom stereocenters. The molecule has 1 fully saturated rings. The molecule has 2 amide bonds. The van der Waals surface area contributed by atoms with Crippen molar-refractivity contribution in [2.75, 3.05) is 18.5 Å². The first-order valence-electron chi connectivity index (χ1n) is 13.0. The highest BCUT2D eigenvalue weighted by molar-refractivity contribution is 5.91. The van der Waals surface area contributed by atoms with Gasteiger partial charge in [0, 0.05) is 18.2 Å². The van der Waals surface area contributed by atoms with E-state index in [-0.39, 0.29) is 30.4 Å². The van der Waals surface area contributed by atoms with Gasteiger partial charge in [-0.1, -0.05) is 66.4 Å². The van der Waals surface area contributed by atoms with E-state index in [9.17, 15) is 9.59 Å². The van der Waals surface area contributed by atoms with E-state index in [2.05, 4.69) is 47.5 Å². The Bertz CT molecular complexity index is 1230. The van der Waals surface area contributed by atoms with Gasteiger partial charge in [0.05, 0.1) is 6.04 Å². The van der Waals surface area contributed by atoms with Crippen LogP contribution in [0.25, 0.3) is 0 Å². The molecule has 1 aliphatic heterocycles. The van der Waals surface area contributed by atoms with Crippen molar-refractivity contribution < 1.29 is 14.3 Å². The molecule has 5 rings (SSSR count). The van der Waals surface area contributed by atoms with Crippen LogP contribution in [0.2, 0.25) is 0 Å². The van der Waals surface area contributed by atoms with Gasteiger partial charge in [0.15, 0.2) is 6.61 Å². The van der Waals surface area contributed by atoms with Crippen LogP contribution in [0.1, 0.15) is 59.5 Å². The number of fused-ring (bicyclic) bond motifs is 1. The lowest BCUT2D eigenvalue weighted by molar-refractivity contribution is -0.137. The zero-order valence-corrected chi connectivity index (χ0v) is 21.1. The monoisotopic (exact) mass is 482 g/mol. The van der Waals surface area contributed by atoms with Crippen LogP contribution >= 0.6 is 0 Å². The minimum absolute atomic E-state index is 0.0768. The summed E-state index contributed by atoms with van der Waals surface area (Å²) in [6.07, 6.45) is 5.08. The maximum atomic E-state index is 13.6. The molecule has 1 N–H and O–H groups in total. The van der Waals surface area contributed by atoms with Gasteiger partial charge in [-0.3, -0.25) is 9.59 Å². The van der Waals surface area contributed by atoms with Crippen molar-refractivity contribution in [3.8, 4) is 5.75 Å². The fourth-order valence-corrected chi connectivity index (χ4v) is 5.42. The quantitative estimate of drug-likeness (QED) is 0.470. The van der Waals surface area contributed by atoms with Crippen LogP contribution in [0, 0.1) is 19.8 Å². The summed E-state index contributed by atoms with van der Waals surface area (Å²) >= 11 is 0. The summed E-state index contributed by atoms with van der Waals surface area (Å²) in [6, 6.07) is 22.1. The van der Waals surface area contributed by atoms with Crippen molar-refractivity contribution >= 4 is 17.5 Å². The fraction of sp³-hybridized carbons (Fsp3) is 0.355. The Balaban J connectivity index is 1.38. The van der Waals surface area contributed by atoms with Gasteiger partial charge in [0.25, 0.3) is 5.91 Å². The third-order valence-electron chi connectivity index (χ3n) is 7.43. The fourth-order valence-electron chi connectivity index (χ4n) is 5.42. The van der Waals surface area contributed by atoms with E-state index in [1.807, 2.05) is 43.3 Å². The van der Waals surface area contributed by atoms with Crippen LogP contribution < -0.4 is 10.1 Å². The second-order valence-electron chi connectivity index (χ2n) is 10.1. The summed E-state index contributed by atoms with van der Waals surface area (Å²) in [6.45, 7) is 4.73. The average Bonchev–Trinajstić information content (AvgIpc) is 3.43. The van der Waals surface area contributed by atoms with Crippen LogP contribution in [-0.2, 0) is 16.0 Å². The van der Waals surface area contributed by atoms with E-state index in [0.717, 1.165) is 61.0 Å². The third kappa shape index (κ3) is 5.30. The molecule has 1 heterocycles. The number of aryl methyl sites for hydroxylation is 2. The Hall–Kier alpha value is -3.60. The van der Waals surface area contributed by atoms with Gasteiger partial charge in [-0.2, -0.15) is 0 Å². The third-order valence-corrected chi connectivity index (χ3v) is 7.43. The van der Waals surface area contributed by atoms with E-state index in [1.54, 1.807) is 0 Å². The van der Waals surface area contributed by atoms with Crippen LogP contribution in [0.3, 0.4) is 0 Å². The Morgan fingerprint density at radius 1 is 0.917 bits per heavy atom. The van der Waals surface area contributed by atoms with Gasteiger partial charge in [0.1, 0.15) is 5.75 Å². The maximum Gasteiger partial charge on any atom is 0.262 e. The molecule has 5 nitrogen and oxygen atoms in total. The van der Waals surface area contributed by atoms with Crippen LogP contribution in [0.5, 0.6) is 5.75 Å². The van der Waals surface area contributed by atoms with Gasteiger partial charge in [-0.25, -0.2) is 0 Å². The molecule has 1 atom stereocenters. The van der Waals surface area contributed by atoms with E-state index in [1.165, 1.54) is 11.1 Å². The Morgan fingerprint density at radius 3 is 2.28 bits per heavy atom. The second-order valence-corrected chi connectivity index (χ2v) is 10.1. The average molecular weight is 483 g/mol. The number of anilines is 1. The number of amides is 2. The molecule has 0 aromatic heterocycles. The predicted octanol–water partition coefficient (Wildman–Crippen LogP) is 5.99. The number of hydrogen-bond acceptors (Lipinski definition) is 3. The van der Waals surface area contributed by atoms with Gasteiger partial charge in [-0.05, 0) is 74.1 Å². The number of carbonyl (C=O) groups is 2. The number of rotatable bonds is 6. The SMILES string of the molecule is Cc1ccc(NC(=O)COc2ccc3c(c2)C(c2ccc(C)cc2)N(C(=O)C2CCCC2)CC3)cc1. The highest BCUT2D eigenvalue weighted by Gasteiger charge is 2.36. The molecule has 3 aromatic carbocycles. The first-order chi connectivity index (χ1) is 17.5. The molecule has 186 valence electrons. The molecule has 36 heavy (non-hydrogen) atoms. The minimum Gasteiger partial charge on any atom is -0.484 e. The van der Waals surface area contributed by atoms with Crippen molar-refractivity contribution in [3.63, 3.8) is 0 Å². The summed E-state index contributed by atoms with van der Waals surface area (Å²) < 4.78 is 5.91. The van der Waals surface area contributed by atoms with Crippen molar-refractivity contribution in [2.45, 2.75) is 52.0 Å². The normalized spacial score (nSPS) is 17.5. The molecule has 1 saturated carbocycles. The predicted molar refractivity (Wildman–Crippen MR) is 142 cm³/mol. The smallest absolute Gasteiger partial charge is 0.262 e. The number of nitrogens with zero attached hydrogens (tertiary/aromatic N) is 1. The minimum atomic E-state index is -0.204. The van der Waals surface area contributed by atoms with Crippen molar-refractivity contribution in [1.82, 2.24) is 4.90 Å². The van der Waals surface area contributed by atoms with Crippen LogP contribution in [0.4, 0.5) is 5.69 Å². The lowest BCUT2D eigenvalue weighted by Crippen LogP contribution is -2.43. The standard InChI is InChI=1S/C31H34N2O3/c1-21-7-11-24(12-8-21)30-28-19-27(36-20-29(34)32-26-14-9-22(2)10-15-26)16-13-23(28)17-18-33(30)31(35)25-5-3-4-6-25/h7-16,19,25,30H,3-6,17-18,20H2,1-2H3,(H,32,34). The summed E-state index contributed by atoms with van der Waals surface area (Å²) in [7, 11) is 0. The number of carbonyl (C=O) groups excluding carboxylic acids is 2. The number of benzene rings is 3. The highest BCUT2D eigenvalue weighted by atomic mass is 16.5. The first kappa shape index (κ1) is 24.1. The topological polar surface area (TPSA) is 58.6 Å². The van der Waals surface area contributed by atoms with Gasteiger partial charge in [0.2, 0.25) is 5.91 Å². The van der Waals surface area contributed by atoms with Crippen molar-refractivity contribution in [3.05, 3.63) is 94.5 Å². The summed E-state index contributed by atoms with van der Waals surface area (Å²) in [5.74, 6) is 0.835. The Labute approximate surface area is 213 Å². The molecule has 1 aliphatic carbocycles. The summed E-state index contributed by atoms with van der Waals surface area (Å²) in [5.41, 5.74) is 6.52. The highest BCUT2D eigenvalue weighted by Crippen LogP contribution is 2.39.